The van der Waals surface area contributed by atoms with Crippen molar-refractivity contribution in [1.29, 1.82) is 0 Å². The Kier molecular flexibility index (Phi) is 6.67. The molecule has 3 fully saturated rings. The zero-order valence-corrected chi connectivity index (χ0v) is 25.0. The van der Waals surface area contributed by atoms with Gasteiger partial charge < -0.3 is 10.2 Å². The van der Waals surface area contributed by atoms with Gasteiger partial charge in [0, 0.05) is 5.92 Å². The average molecular weight is 667 g/mol. The number of hydrogen-bond acceptors (Lipinski definition) is 6. The molecule has 234 valence electrons. The van der Waals surface area contributed by atoms with Gasteiger partial charge >= 0.3 is 5.97 Å². The number of allylic oxidation sites excluding steroid dienone is 2. The SMILES string of the molecule is O=C(O)c1cccc(N2C(=O)C3CC=C4C(CC5(Cl)C(=O)N(c6ccc(F)cc6)C(=O)C5(Cl)C4c4ccc(O)c(F)c4)C3C2=O)c1. The molecule has 13 heteroatoms. The van der Waals surface area contributed by atoms with Crippen molar-refractivity contribution in [2.24, 2.45) is 17.8 Å². The van der Waals surface area contributed by atoms with Crippen LogP contribution in [0.25, 0.3) is 0 Å². The molecule has 6 unspecified atom stereocenters. The minimum Gasteiger partial charge on any atom is -0.505 e. The predicted octanol–water partition coefficient (Wildman–Crippen LogP) is 5.14. The topological polar surface area (TPSA) is 132 Å². The van der Waals surface area contributed by atoms with E-state index in [0.717, 1.165) is 34.1 Å². The van der Waals surface area contributed by atoms with Crippen molar-refractivity contribution >= 4 is 64.2 Å². The number of hydrogen-bond donors (Lipinski definition) is 2. The van der Waals surface area contributed by atoms with Crippen LogP contribution < -0.4 is 9.80 Å². The largest absolute Gasteiger partial charge is 0.505 e. The molecule has 3 aromatic carbocycles. The summed E-state index contributed by atoms with van der Waals surface area (Å²) in [5.74, 6) is -10.9. The number of anilines is 2. The highest BCUT2D eigenvalue weighted by Gasteiger charge is 2.76. The zero-order valence-electron chi connectivity index (χ0n) is 23.5. The Morgan fingerprint density at radius 3 is 2.24 bits per heavy atom. The van der Waals surface area contributed by atoms with Gasteiger partial charge in [0.2, 0.25) is 11.8 Å². The lowest BCUT2D eigenvalue weighted by atomic mass is 9.56. The molecule has 0 spiro atoms. The fraction of sp³-hybridized carbons (Fsp3) is 0.242. The van der Waals surface area contributed by atoms with Crippen molar-refractivity contribution in [3.05, 3.63) is 101 Å². The van der Waals surface area contributed by atoms with Gasteiger partial charge in [0.25, 0.3) is 11.8 Å². The molecule has 2 aliphatic carbocycles. The van der Waals surface area contributed by atoms with E-state index in [9.17, 15) is 43.0 Å². The molecule has 1 saturated carbocycles. The minimum atomic E-state index is -2.26. The maximum Gasteiger partial charge on any atom is 0.335 e. The van der Waals surface area contributed by atoms with Crippen molar-refractivity contribution in [2.45, 2.75) is 28.5 Å². The smallest absolute Gasteiger partial charge is 0.335 e. The normalized spacial score (nSPS) is 30.2. The Bertz CT molecular complexity index is 1930. The van der Waals surface area contributed by atoms with Gasteiger partial charge in [-0.1, -0.05) is 23.8 Å². The molecule has 4 amide bonds. The van der Waals surface area contributed by atoms with Crippen LogP contribution in [0.2, 0.25) is 0 Å². The number of carboxylic acid groups (broad SMARTS) is 1. The second kappa shape index (κ2) is 10.2. The highest BCUT2D eigenvalue weighted by atomic mass is 35.5. The average Bonchev–Trinajstić information content (AvgIpc) is 3.37. The first-order chi connectivity index (χ1) is 21.8. The van der Waals surface area contributed by atoms with E-state index in [-0.39, 0.29) is 35.3 Å². The Hall–Kier alpha value is -4.61. The number of halogens is 4. The molecule has 9 nitrogen and oxygen atoms in total. The molecule has 6 atom stereocenters. The number of aromatic carboxylic acids is 1. The lowest BCUT2D eigenvalue weighted by molar-refractivity contribution is -0.125. The van der Waals surface area contributed by atoms with Gasteiger partial charge in [-0.15, -0.1) is 23.2 Å². The quantitative estimate of drug-likeness (QED) is 0.224. The van der Waals surface area contributed by atoms with Crippen molar-refractivity contribution in [1.82, 2.24) is 0 Å². The number of imide groups is 2. The summed E-state index contributed by atoms with van der Waals surface area (Å²) < 4.78 is 28.6. The second-order valence-electron chi connectivity index (χ2n) is 11.8. The number of fused-ring (bicyclic) bond motifs is 4. The summed E-state index contributed by atoms with van der Waals surface area (Å²) >= 11 is 14.5. The van der Waals surface area contributed by atoms with Gasteiger partial charge in [0.1, 0.15) is 5.82 Å². The fourth-order valence-corrected chi connectivity index (χ4v) is 8.44. The van der Waals surface area contributed by atoms with E-state index in [4.69, 9.17) is 23.2 Å². The van der Waals surface area contributed by atoms with Crippen LogP contribution in [0.3, 0.4) is 0 Å². The first-order valence-electron chi connectivity index (χ1n) is 14.2. The van der Waals surface area contributed by atoms with Crippen LogP contribution in [0.5, 0.6) is 5.75 Å². The van der Waals surface area contributed by atoms with Gasteiger partial charge in [0.05, 0.1) is 28.8 Å². The number of benzene rings is 3. The lowest BCUT2D eigenvalue weighted by Crippen LogP contribution is -2.60. The molecule has 0 bridgehead atoms. The van der Waals surface area contributed by atoms with Crippen LogP contribution in [0.1, 0.15) is 34.7 Å². The molecule has 0 radical (unpaired) electrons. The first kappa shape index (κ1) is 30.1. The van der Waals surface area contributed by atoms with E-state index < -0.39 is 80.4 Å². The summed E-state index contributed by atoms with van der Waals surface area (Å²) in [4.78, 5) is 65.1. The number of carboxylic acids is 1. The van der Waals surface area contributed by atoms with Gasteiger partial charge in [-0.2, -0.15) is 0 Å². The van der Waals surface area contributed by atoms with E-state index in [1.54, 1.807) is 6.08 Å². The maximum absolute atomic E-state index is 14.8. The monoisotopic (exact) mass is 666 g/mol. The van der Waals surface area contributed by atoms with Crippen LogP contribution in [0, 0.1) is 29.4 Å². The van der Waals surface area contributed by atoms with Crippen LogP contribution in [0.4, 0.5) is 20.2 Å². The van der Waals surface area contributed by atoms with Crippen molar-refractivity contribution in [3.8, 4) is 5.75 Å². The number of amides is 4. The molecule has 46 heavy (non-hydrogen) atoms. The molecule has 2 heterocycles. The summed E-state index contributed by atoms with van der Waals surface area (Å²) in [5.41, 5.74) is 0.395. The number of nitrogens with zero attached hydrogens (tertiary/aromatic N) is 2. The highest BCUT2D eigenvalue weighted by Crippen LogP contribution is 2.66. The van der Waals surface area contributed by atoms with Crippen molar-refractivity contribution in [2.75, 3.05) is 9.80 Å². The Morgan fingerprint density at radius 1 is 0.848 bits per heavy atom. The van der Waals surface area contributed by atoms with E-state index in [1.165, 1.54) is 42.5 Å². The second-order valence-corrected chi connectivity index (χ2v) is 13.1. The number of phenolic OH excluding ortho intramolecular Hbond substituents is 1. The van der Waals surface area contributed by atoms with E-state index in [1.807, 2.05) is 0 Å². The zero-order chi connectivity index (χ0) is 32.9. The predicted molar refractivity (Wildman–Crippen MR) is 161 cm³/mol. The van der Waals surface area contributed by atoms with E-state index in [0.29, 0.717) is 5.57 Å². The summed E-state index contributed by atoms with van der Waals surface area (Å²) in [7, 11) is 0. The molecule has 3 aromatic rings. The Labute approximate surface area is 269 Å². The van der Waals surface area contributed by atoms with Crippen LogP contribution in [0.15, 0.2) is 78.4 Å². The maximum atomic E-state index is 14.8. The van der Waals surface area contributed by atoms with Gasteiger partial charge in [-0.05, 0) is 78.9 Å². The summed E-state index contributed by atoms with van der Waals surface area (Å²) in [6.07, 6.45) is 1.33. The lowest BCUT2D eigenvalue weighted by Gasteiger charge is -2.50. The molecular weight excluding hydrogens is 645 g/mol. The van der Waals surface area contributed by atoms with Crippen LogP contribution >= 0.6 is 23.2 Å². The number of aromatic hydroxyl groups is 1. The molecular formula is C33H22Cl2F2N2O7. The van der Waals surface area contributed by atoms with Crippen molar-refractivity contribution in [3.63, 3.8) is 0 Å². The van der Waals surface area contributed by atoms with Crippen LogP contribution in [-0.4, -0.2) is 49.6 Å². The number of carbonyl (C=O) groups excluding carboxylic acids is 4. The highest BCUT2D eigenvalue weighted by molar-refractivity contribution is 6.58. The third-order valence-corrected chi connectivity index (χ3v) is 11.0. The third-order valence-electron chi connectivity index (χ3n) is 9.55. The Balaban J connectivity index is 1.39. The summed E-state index contributed by atoms with van der Waals surface area (Å²) in [6, 6.07) is 13.3. The summed E-state index contributed by atoms with van der Waals surface area (Å²) in [6.45, 7) is 0. The molecule has 2 N–H and O–H groups in total. The number of phenols is 1. The van der Waals surface area contributed by atoms with Crippen LogP contribution in [-0.2, 0) is 19.2 Å². The number of rotatable bonds is 4. The molecule has 0 aromatic heterocycles. The fourth-order valence-electron chi connectivity index (χ4n) is 7.51. The summed E-state index contributed by atoms with van der Waals surface area (Å²) in [5, 5.41) is 19.4. The van der Waals surface area contributed by atoms with Gasteiger partial charge in [-0.25, -0.2) is 18.5 Å². The van der Waals surface area contributed by atoms with Gasteiger partial charge in [-0.3, -0.25) is 24.1 Å². The minimum absolute atomic E-state index is 0.00655. The van der Waals surface area contributed by atoms with E-state index in [2.05, 4.69) is 0 Å². The van der Waals surface area contributed by atoms with E-state index >= 15 is 0 Å². The number of carbonyl (C=O) groups is 5. The van der Waals surface area contributed by atoms with Crippen molar-refractivity contribution < 1.29 is 43.0 Å². The molecule has 2 aliphatic heterocycles. The Morgan fingerprint density at radius 2 is 1.57 bits per heavy atom. The first-order valence-corrected chi connectivity index (χ1v) is 15.0. The standard InChI is InChI=1S/C33H22Cl2F2N2O7/c34-32-14-22-20(9-10-21-25(22)28(42)38(27(21)41)19-3-1-2-16(12-19)29(43)44)26(15-4-11-24(40)23(37)13-15)33(32,35)31(46)39(30(32)45)18-7-5-17(36)6-8-18/h1-9,11-13,21-22,25-26,40H,10,14H2,(H,43,44). The van der Waals surface area contributed by atoms with Gasteiger partial charge in [0.15, 0.2) is 21.3 Å². The number of alkyl halides is 2. The molecule has 4 aliphatic rings. The molecule has 7 rings (SSSR count). The third kappa shape index (κ3) is 3.94. The molecule has 2 saturated heterocycles.